The van der Waals surface area contributed by atoms with Crippen LogP contribution < -0.4 is 5.32 Å². The minimum absolute atomic E-state index is 0.0719. The molecule has 3 aromatic carbocycles. The third-order valence-electron chi connectivity index (χ3n) is 3.78. The summed E-state index contributed by atoms with van der Waals surface area (Å²) >= 11 is 1.32. The smallest absolute Gasteiger partial charge is 0.316 e. The highest BCUT2D eigenvalue weighted by Crippen LogP contribution is 2.23. The second-order valence-corrected chi connectivity index (χ2v) is 6.86. The fourth-order valence-corrected chi connectivity index (χ4v) is 3.22. The van der Waals surface area contributed by atoms with Crippen molar-refractivity contribution in [1.82, 2.24) is 0 Å². The van der Waals surface area contributed by atoms with E-state index in [-0.39, 0.29) is 17.1 Å². The van der Waals surface area contributed by atoms with E-state index in [1.54, 1.807) is 0 Å². The lowest BCUT2D eigenvalue weighted by Gasteiger charge is -2.07. The van der Waals surface area contributed by atoms with Gasteiger partial charge in [-0.25, -0.2) is 0 Å². The van der Waals surface area contributed by atoms with E-state index in [4.69, 9.17) is 4.74 Å². The van der Waals surface area contributed by atoms with Crippen molar-refractivity contribution >= 4 is 45.8 Å². The number of nitro groups is 1. The monoisotopic (exact) mass is 396 g/mol. The lowest BCUT2D eigenvalue weighted by Crippen LogP contribution is -2.21. The normalized spacial score (nSPS) is 10.4. The van der Waals surface area contributed by atoms with Gasteiger partial charge in [0.05, 0.1) is 10.7 Å². The lowest BCUT2D eigenvalue weighted by atomic mass is 10.1. The van der Waals surface area contributed by atoms with Gasteiger partial charge < -0.3 is 10.1 Å². The molecule has 0 aliphatic carbocycles. The molecule has 0 aliphatic heterocycles. The molecular formula is C20H16N2O5S. The van der Waals surface area contributed by atoms with Gasteiger partial charge in [-0.2, -0.15) is 0 Å². The summed E-state index contributed by atoms with van der Waals surface area (Å²) in [5.41, 5.74) is 0.127. The van der Waals surface area contributed by atoms with Crippen LogP contribution in [-0.2, 0) is 14.3 Å². The number of hydrogen-bond donors (Lipinski definition) is 1. The molecule has 142 valence electrons. The molecule has 0 bridgehead atoms. The van der Waals surface area contributed by atoms with Crippen molar-refractivity contribution in [2.75, 3.05) is 17.7 Å². The number of amides is 1. The van der Waals surface area contributed by atoms with E-state index in [9.17, 15) is 19.7 Å². The van der Waals surface area contributed by atoms with Crippen molar-refractivity contribution in [2.24, 2.45) is 0 Å². The number of ether oxygens (including phenoxy) is 1. The molecule has 0 radical (unpaired) electrons. The number of fused-ring (bicyclic) bond motifs is 1. The molecule has 0 saturated carbocycles. The van der Waals surface area contributed by atoms with Gasteiger partial charge >= 0.3 is 5.97 Å². The maximum absolute atomic E-state index is 11.9. The Morgan fingerprint density at radius 2 is 1.79 bits per heavy atom. The van der Waals surface area contributed by atoms with Crippen molar-refractivity contribution in [3.63, 3.8) is 0 Å². The molecular weight excluding hydrogens is 380 g/mol. The second kappa shape index (κ2) is 9.01. The van der Waals surface area contributed by atoms with E-state index >= 15 is 0 Å². The Kier molecular flexibility index (Phi) is 6.23. The maximum Gasteiger partial charge on any atom is 0.316 e. The summed E-state index contributed by atoms with van der Waals surface area (Å²) in [7, 11) is 0. The topological polar surface area (TPSA) is 98.5 Å². The van der Waals surface area contributed by atoms with Gasteiger partial charge in [-0.1, -0.05) is 36.4 Å². The van der Waals surface area contributed by atoms with Gasteiger partial charge in [-0.15, -0.1) is 11.8 Å². The number of benzene rings is 3. The molecule has 3 rings (SSSR count). The fraction of sp³-hybridized carbons (Fsp3) is 0.100. The molecule has 1 N–H and O–H groups in total. The second-order valence-electron chi connectivity index (χ2n) is 5.81. The molecule has 0 aliphatic rings. The Morgan fingerprint density at radius 3 is 2.57 bits per heavy atom. The van der Waals surface area contributed by atoms with Crippen LogP contribution in [0.1, 0.15) is 0 Å². The highest BCUT2D eigenvalue weighted by atomic mass is 32.2. The molecule has 28 heavy (non-hydrogen) atoms. The predicted octanol–water partition coefficient (Wildman–Crippen LogP) is 4.02. The van der Waals surface area contributed by atoms with Crippen molar-refractivity contribution in [3.8, 4) is 0 Å². The Balaban J connectivity index is 1.46. The van der Waals surface area contributed by atoms with Crippen molar-refractivity contribution in [3.05, 3.63) is 76.8 Å². The average Bonchev–Trinajstić information content (AvgIpc) is 2.70. The number of anilines is 1. The maximum atomic E-state index is 11.9. The number of esters is 1. The third kappa shape index (κ3) is 5.31. The molecule has 0 atom stereocenters. The first-order chi connectivity index (χ1) is 13.5. The Bertz CT molecular complexity index is 1040. The van der Waals surface area contributed by atoms with Crippen LogP contribution in [0.5, 0.6) is 0 Å². The standard InChI is InChI=1S/C20H16N2O5S/c23-19(21-16-6-3-7-17(11-16)22(25)26)12-27-20(24)13-28-18-9-8-14-4-1-2-5-15(14)10-18/h1-11H,12-13H2,(H,21,23). The molecule has 0 fully saturated rings. The number of non-ortho nitro benzene ring substituents is 1. The quantitative estimate of drug-likeness (QED) is 0.280. The largest absolute Gasteiger partial charge is 0.455 e. The van der Waals surface area contributed by atoms with Crippen LogP contribution in [-0.4, -0.2) is 29.2 Å². The number of hydrogen-bond acceptors (Lipinski definition) is 6. The van der Waals surface area contributed by atoms with Gasteiger partial charge in [0.1, 0.15) is 0 Å². The molecule has 0 saturated heterocycles. The van der Waals surface area contributed by atoms with Crippen molar-refractivity contribution in [1.29, 1.82) is 0 Å². The van der Waals surface area contributed by atoms with Crippen molar-refractivity contribution in [2.45, 2.75) is 4.90 Å². The molecule has 0 heterocycles. The van der Waals surface area contributed by atoms with Crippen LogP contribution in [0, 0.1) is 10.1 Å². The lowest BCUT2D eigenvalue weighted by molar-refractivity contribution is -0.384. The van der Waals surface area contributed by atoms with E-state index in [1.807, 2.05) is 42.5 Å². The van der Waals surface area contributed by atoms with Crippen LogP contribution in [0.4, 0.5) is 11.4 Å². The summed E-state index contributed by atoms with van der Waals surface area (Å²) in [5, 5.41) is 15.4. The van der Waals surface area contributed by atoms with Gasteiger partial charge in [-0.05, 0) is 29.0 Å². The van der Waals surface area contributed by atoms with Crippen LogP contribution in [0.3, 0.4) is 0 Å². The molecule has 7 nitrogen and oxygen atoms in total. The van der Waals surface area contributed by atoms with Gasteiger partial charge in [0.25, 0.3) is 11.6 Å². The van der Waals surface area contributed by atoms with Crippen LogP contribution >= 0.6 is 11.8 Å². The van der Waals surface area contributed by atoms with E-state index in [0.29, 0.717) is 0 Å². The van der Waals surface area contributed by atoms with Gasteiger partial charge in [-0.3, -0.25) is 19.7 Å². The summed E-state index contributed by atoms with van der Waals surface area (Å²) in [4.78, 5) is 34.8. The average molecular weight is 396 g/mol. The van der Waals surface area contributed by atoms with E-state index in [2.05, 4.69) is 5.32 Å². The summed E-state index contributed by atoms with van der Waals surface area (Å²) in [5.74, 6) is -1.01. The Hall–Kier alpha value is -3.39. The number of nitrogens with one attached hydrogen (secondary N) is 1. The van der Waals surface area contributed by atoms with E-state index in [0.717, 1.165) is 15.7 Å². The fourth-order valence-electron chi connectivity index (χ4n) is 2.48. The summed E-state index contributed by atoms with van der Waals surface area (Å²) < 4.78 is 4.96. The minimum Gasteiger partial charge on any atom is -0.455 e. The number of nitro benzene ring substituents is 1. The zero-order valence-electron chi connectivity index (χ0n) is 14.7. The van der Waals surface area contributed by atoms with Crippen LogP contribution in [0.25, 0.3) is 10.8 Å². The predicted molar refractivity (Wildman–Crippen MR) is 107 cm³/mol. The Morgan fingerprint density at radius 1 is 1.00 bits per heavy atom. The highest BCUT2D eigenvalue weighted by molar-refractivity contribution is 8.00. The van der Waals surface area contributed by atoms with Gasteiger partial charge in [0.2, 0.25) is 0 Å². The van der Waals surface area contributed by atoms with Crippen molar-refractivity contribution < 1.29 is 19.2 Å². The molecule has 1 amide bonds. The Labute approximate surface area is 164 Å². The first-order valence-electron chi connectivity index (χ1n) is 8.33. The highest BCUT2D eigenvalue weighted by Gasteiger charge is 2.11. The van der Waals surface area contributed by atoms with Gasteiger partial charge in [0.15, 0.2) is 6.61 Å². The minimum atomic E-state index is -0.565. The summed E-state index contributed by atoms with van der Waals surface area (Å²) in [6.07, 6.45) is 0. The molecule has 3 aromatic rings. The van der Waals surface area contributed by atoms with Crippen LogP contribution in [0.2, 0.25) is 0 Å². The van der Waals surface area contributed by atoms with E-state index in [1.165, 1.54) is 36.0 Å². The molecule has 8 heteroatoms. The summed E-state index contributed by atoms with van der Waals surface area (Å²) in [6.45, 7) is -0.459. The number of carbonyl (C=O) groups excluding carboxylic acids is 2. The summed E-state index contributed by atoms with van der Waals surface area (Å²) in [6, 6.07) is 19.3. The number of thioether (sulfide) groups is 1. The van der Waals surface area contributed by atoms with Gasteiger partial charge in [0, 0.05) is 22.7 Å². The molecule has 0 unspecified atom stereocenters. The first kappa shape index (κ1) is 19.4. The molecule has 0 spiro atoms. The van der Waals surface area contributed by atoms with E-state index < -0.39 is 23.4 Å². The zero-order valence-corrected chi connectivity index (χ0v) is 15.5. The van der Waals surface area contributed by atoms with Crippen LogP contribution in [0.15, 0.2) is 71.6 Å². The molecule has 0 aromatic heterocycles. The SMILES string of the molecule is O=C(COC(=O)CSc1ccc2ccccc2c1)Nc1cccc([N+](=O)[O-])c1. The third-order valence-corrected chi connectivity index (χ3v) is 4.75. The first-order valence-corrected chi connectivity index (χ1v) is 9.31. The number of nitrogens with zero attached hydrogens (tertiary/aromatic N) is 1. The zero-order chi connectivity index (χ0) is 19.9. The number of carbonyl (C=O) groups is 2. The number of rotatable bonds is 7.